The predicted molar refractivity (Wildman–Crippen MR) is 116 cm³/mol. The van der Waals surface area contributed by atoms with Crippen LogP contribution in [0.5, 0.6) is 0 Å². The summed E-state index contributed by atoms with van der Waals surface area (Å²) in [5, 5.41) is 2.63. The molecule has 0 saturated carbocycles. The lowest BCUT2D eigenvalue weighted by molar-refractivity contribution is 0.0658. The number of aromatic nitrogens is 3. The molecule has 1 amide bonds. The Morgan fingerprint density at radius 2 is 1.97 bits per heavy atom. The van der Waals surface area contributed by atoms with Crippen LogP contribution < -0.4 is 11.3 Å². The molecule has 3 N–H and O–H groups in total. The van der Waals surface area contributed by atoms with Gasteiger partial charge >= 0.3 is 0 Å². The minimum Gasteiger partial charge on any atom is -0.337 e. The number of nitrogens with zero attached hydrogens (tertiary/aromatic N) is 3. The summed E-state index contributed by atoms with van der Waals surface area (Å²) in [7, 11) is 0. The molecule has 0 aromatic carbocycles. The molecular weight excluding hydrogens is 410 g/mol. The Balaban J connectivity index is 0.00000240. The number of rotatable bonds is 3. The van der Waals surface area contributed by atoms with E-state index in [1.54, 1.807) is 0 Å². The van der Waals surface area contributed by atoms with E-state index in [0.717, 1.165) is 41.9 Å². The van der Waals surface area contributed by atoms with Crippen LogP contribution in [0.15, 0.2) is 10.2 Å². The first-order chi connectivity index (χ1) is 13.3. The highest BCUT2D eigenvalue weighted by molar-refractivity contribution is 7.09. The third kappa shape index (κ3) is 3.85. The number of hydrogen-bond acceptors (Lipinski definition) is 6. The minimum absolute atomic E-state index is 0. The zero-order chi connectivity index (χ0) is 20.1. The Morgan fingerprint density at radius 3 is 2.62 bits per heavy atom. The van der Waals surface area contributed by atoms with Crippen LogP contribution in [0, 0.1) is 12.8 Å². The third-order valence-corrected chi connectivity index (χ3v) is 7.19. The lowest BCUT2D eigenvalue weighted by Gasteiger charge is -2.39. The van der Waals surface area contributed by atoms with Gasteiger partial charge in [0.25, 0.3) is 11.5 Å². The number of amides is 1. The number of nitrogens with two attached hydrogens (primary N) is 1. The molecular formula is C20H28ClN5O2S. The van der Waals surface area contributed by atoms with Crippen LogP contribution in [-0.2, 0) is 11.8 Å². The summed E-state index contributed by atoms with van der Waals surface area (Å²) in [6, 6.07) is -0.140. The SMILES string of the molecule is Cc1nc2c(c(=O)[nH]1)CCC21CCN(C(=O)c2csc([C@@H](N)C(C)C)n2)CC1.Cl. The molecule has 3 heterocycles. The van der Waals surface area contributed by atoms with Crippen molar-refractivity contribution in [2.75, 3.05) is 13.1 Å². The number of carbonyl (C=O) groups excluding carboxylic acids is 1. The fraction of sp³-hybridized carbons (Fsp3) is 0.600. The average molecular weight is 438 g/mol. The van der Waals surface area contributed by atoms with Gasteiger partial charge in [0.2, 0.25) is 0 Å². The van der Waals surface area contributed by atoms with E-state index in [9.17, 15) is 9.59 Å². The van der Waals surface area contributed by atoms with E-state index in [0.29, 0.717) is 24.6 Å². The fourth-order valence-electron chi connectivity index (χ4n) is 4.37. The monoisotopic (exact) mass is 437 g/mol. The largest absolute Gasteiger partial charge is 0.337 e. The van der Waals surface area contributed by atoms with Crippen LogP contribution in [0.2, 0.25) is 0 Å². The van der Waals surface area contributed by atoms with Gasteiger partial charge in [-0.3, -0.25) is 9.59 Å². The molecule has 1 saturated heterocycles. The van der Waals surface area contributed by atoms with Crippen molar-refractivity contribution in [2.24, 2.45) is 11.7 Å². The van der Waals surface area contributed by atoms with Crippen molar-refractivity contribution in [1.29, 1.82) is 0 Å². The van der Waals surface area contributed by atoms with Crippen molar-refractivity contribution in [3.05, 3.63) is 43.5 Å². The van der Waals surface area contributed by atoms with E-state index in [4.69, 9.17) is 5.73 Å². The molecule has 2 aliphatic rings. The fourth-order valence-corrected chi connectivity index (χ4v) is 5.34. The maximum atomic E-state index is 12.9. The Bertz CT molecular complexity index is 962. The Morgan fingerprint density at radius 1 is 1.28 bits per heavy atom. The highest BCUT2D eigenvalue weighted by atomic mass is 35.5. The Labute approximate surface area is 180 Å². The highest BCUT2D eigenvalue weighted by Gasteiger charge is 2.44. The first-order valence-corrected chi connectivity index (χ1v) is 10.8. The van der Waals surface area contributed by atoms with Crippen LogP contribution in [0.1, 0.15) is 71.7 Å². The van der Waals surface area contributed by atoms with Crippen LogP contribution in [-0.4, -0.2) is 38.8 Å². The molecule has 1 aliphatic heterocycles. The lowest BCUT2D eigenvalue weighted by Crippen LogP contribution is -2.45. The topological polar surface area (TPSA) is 105 Å². The minimum atomic E-state index is -0.140. The summed E-state index contributed by atoms with van der Waals surface area (Å²) in [5.74, 6) is 0.923. The molecule has 4 rings (SSSR count). The zero-order valence-electron chi connectivity index (χ0n) is 17.0. The van der Waals surface area contributed by atoms with Crippen molar-refractivity contribution in [3.63, 3.8) is 0 Å². The number of thiazole rings is 1. The van der Waals surface area contributed by atoms with Crippen molar-refractivity contribution in [2.45, 2.75) is 57.9 Å². The molecule has 1 spiro atoms. The molecule has 0 radical (unpaired) electrons. The van der Waals surface area contributed by atoms with Crippen LogP contribution in [0.25, 0.3) is 0 Å². The average Bonchev–Trinajstić information content (AvgIpc) is 3.28. The molecule has 2 aromatic rings. The summed E-state index contributed by atoms with van der Waals surface area (Å²) in [5.41, 5.74) is 8.37. The second-order valence-electron chi connectivity index (χ2n) is 8.39. The van der Waals surface area contributed by atoms with E-state index in [-0.39, 0.29) is 41.2 Å². The van der Waals surface area contributed by atoms with Gasteiger partial charge in [0.1, 0.15) is 16.5 Å². The van der Waals surface area contributed by atoms with Gasteiger partial charge in [-0.05, 0) is 38.5 Å². The van der Waals surface area contributed by atoms with Gasteiger partial charge < -0.3 is 15.6 Å². The van der Waals surface area contributed by atoms with Crippen LogP contribution in [0.3, 0.4) is 0 Å². The maximum Gasteiger partial charge on any atom is 0.273 e. The molecule has 1 fully saturated rings. The van der Waals surface area contributed by atoms with Gasteiger partial charge in [-0.2, -0.15) is 0 Å². The van der Waals surface area contributed by atoms with Crippen molar-refractivity contribution >= 4 is 29.7 Å². The molecule has 158 valence electrons. The van der Waals surface area contributed by atoms with Gasteiger partial charge in [0.15, 0.2) is 0 Å². The number of aryl methyl sites for hydroxylation is 1. The maximum absolute atomic E-state index is 12.9. The first kappa shape index (κ1) is 21.9. The standard InChI is InChI=1S/C20H27N5O2S.ClH/c1-11(2)15(21)18-24-14(10-28-18)19(27)25-8-6-20(7-9-25)5-4-13-16(20)22-12(3)23-17(13)26;/h10-11,15H,4-9,21H2,1-3H3,(H,22,23,26);1H/t15-;/m0./s1. The second-order valence-corrected chi connectivity index (χ2v) is 9.28. The van der Waals surface area contributed by atoms with Gasteiger partial charge in [-0.15, -0.1) is 23.7 Å². The van der Waals surface area contributed by atoms with Crippen molar-refractivity contribution < 1.29 is 4.79 Å². The van der Waals surface area contributed by atoms with Crippen LogP contribution >= 0.6 is 23.7 Å². The van der Waals surface area contributed by atoms with Gasteiger partial charge in [-0.25, -0.2) is 9.97 Å². The first-order valence-electron chi connectivity index (χ1n) is 9.91. The number of nitrogens with one attached hydrogen (secondary N) is 1. The van der Waals surface area contributed by atoms with Crippen LogP contribution in [0.4, 0.5) is 0 Å². The summed E-state index contributed by atoms with van der Waals surface area (Å²) < 4.78 is 0. The smallest absolute Gasteiger partial charge is 0.273 e. The third-order valence-electron chi connectivity index (χ3n) is 6.24. The van der Waals surface area contributed by atoms with E-state index in [1.165, 1.54) is 11.3 Å². The van der Waals surface area contributed by atoms with Crippen molar-refractivity contribution in [1.82, 2.24) is 19.9 Å². The van der Waals surface area contributed by atoms with E-state index in [2.05, 4.69) is 28.8 Å². The summed E-state index contributed by atoms with van der Waals surface area (Å²) >= 11 is 1.46. The Hall–Kier alpha value is -1.77. The molecule has 29 heavy (non-hydrogen) atoms. The molecule has 1 atom stereocenters. The lowest BCUT2D eigenvalue weighted by atomic mass is 9.76. The van der Waals surface area contributed by atoms with Gasteiger partial charge in [0.05, 0.1) is 11.7 Å². The van der Waals surface area contributed by atoms with E-state index < -0.39 is 0 Å². The van der Waals surface area contributed by atoms with Gasteiger partial charge in [-0.1, -0.05) is 13.8 Å². The molecule has 0 bridgehead atoms. The number of carbonyl (C=O) groups is 1. The molecule has 1 aliphatic carbocycles. The number of likely N-dealkylation sites (tertiary alicyclic amines) is 1. The molecule has 0 unspecified atom stereocenters. The number of halogens is 1. The molecule has 7 nitrogen and oxygen atoms in total. The van der Waals surface area contributed by atoms with E-state index >= 15 is 0 Å². The number of aromatic amines is 1. The predicted octanol–water partition coefficient (Wildman–Crippen LogP) is 2.73. The number of H-pyrrole nitrogens is 1. The summed E-state index contributed by atoms with van der Waals surface area (Å²) in [6.07, 6.45) is 3.39. The quantitative estimate of drug-likeness (QED) is 0.768. The number of fused-ring (bicyclic) bond motifs is 2. The van der Waals surface area contributed by atoms with Crippen molar-refractivity contribution in [3.8, 4) is 0 Å². The summed E-state index contributed by atoms with van der Waals surface area (Å²) in [4.78, 5) is 39.0. The molecule has 2 aromatic heterocycles. The van der Waals surface area contributed by atoms with Gasteiger partial charge in [0, 0.05) is 29.4 Å². The summed E-state index contributed by atoms with van der Waals surface area (Å²) in [6.45, 7) is 7.26. The zero-order valence-corrected chi connectivity index (χ0v) is 18.7. The number of piperidine rings is 1. The highest BCUT2D eigenvalue weighted by Crippen LogP contribution is 2.44. The molecule has 9 heteroatoms. The van der Waals surface area contributed by atoms with E-state index in [1.807, 2.05) is 17.2 Å². The Kier molecular flexibility index (Phi) is 6.17. The normalized spacial score (nSPS) is 18.6. The number of hydrogen-bond donors (Lipinski definition) is 2. The second kappa shape index (κ2) is 8.16.